The van der Waals surface area contributed by atoms with Gasteiger partial charge in [0.05, 0.1) is 12.6 Å². The number of hydrogen-bond acceptors (Lipinski definition) is 5. The van der Waals surface area contributed by atoms with Crippen molar-refractivity contribution in [2.45, 2.75) is 44.2 Å². The van der Waals surface area contributed by atoms with Crippen molar-refractivity contribution < 1.29 is 14.3 Å². The van der Waals surface area contributed by atoms with Crippen molar-refractivity contribution in [2.75, 3.05) is 60.5 Å². The number of likely N-dealkylation sites (N-methyl/N-ethyl adjacent to an activating group) is 2. The van der Waals surface area contributed by atoms with Crippen LogP contribution in [0.15, 0.2) is 4.99 Å². The van der Waals surface area contributed by atoms with E-state index >= 15 is 0 Å². The summed E-state index contributed by atoms with van der Waals surface area (Å²) < 4.78 is 5.78. The number of aliphatic imine (C=N–C) groups is 1. The summed E-state index contributed by atoms with van der Waals surface area (Å²) in [6.07, 6.45) is 5.42. The predicted octanol–water partition coefficient (Wildman–Crippen LogP) is 0.00730. The second kappa shape index (κ2) is 14.0. The lowest BCUT2D eigenvalue weighted by Crippen LogP contribution is -2.51. The van der Waals surface area contributed by atoms with Gasteiger partial charge in [-0.3, -0.25) is 14.5 Å². The quantitative estimate of drug-likeness (QED) is 0.247. The zero-order valence-corrected chi connectivity index (χ0v) is 20.2. The molecule has 2 rings (SSSR count). The van der Waals surface area contributed by atoms with Gasteiger partial charge in [0.25, 0.3) is 0 Å². The number of carbonyl (C=O) groups is 2. The Hall–Kier alpha value is -1.14. The van der Waals surface area contributed by atoms with Gasteiger partial charge >= 0.3 is 0 Å². The molecule has 0 aromatic rings. The monoisotopic (exact) mass is 524 g/mol. The molecule has 2 aliphatic heterocycles. The fourth-order valence-electron chi connectivity index (χ4n) is 3.33. The molecule has 2 amide bonds. The van der Waals surface area contributed by atoms with Gasteiger partial charge in [0, 0.05) is 53.4 Å². The summed E-state index contributed by atoms with van der Waals surface area (Å²) in [7, 11) is 5.13. The number of likely N-dealkylation sites (tertiary alicyclic amines) is 1. The maximum atomic E-state index is 11.9. The average molecular weight is 524 g/mol. The number of hydrogen-bond donors (Lipinski definition) is 3. The second-order valence-electron chi connectivity index (χ2n) is 7.69. The van der Waals surface area contributed by atoms with E-state index in [4.69, 9.17) is 4.74 Å². The van der Waals surface area contributed by atoms with E-state index in [0.29, 0.717) is 19.0 Å². The lowest BCUT2D eigenvalue weighted by atomic mass is 10.1. The van der Waals surface area contributed by atoms with Crippen LogP contribution in [0.5, 0.6) is 0 Å². The highest BCUT2D eigenvalue weighted by atomic mass is 127. The molecule has 2 saturated heterocycles. The van der Waals surface area contributed by atoms with E-state index in [1.165, 1.54) is 6.42 Å². The Balaban J connectivity index is 0.00000420. The van der Waals surface area contributed by atoms with Crippen LogP contribution in [0.3, 0.4) is 0 Å². The normalized spacial score (nSPS) is 21.1. The van der Waals surface area contributed by atoms with Crippen molar-refractivity contribution in [3.8, 4) is 0 Å². The Labute approximate surface area is 191 Å². The molecule has 3 N–H and O–H groups in total. The van der Waals surface area contributed by atoms with Crippen molar-refractivity contribution in [2.24, 2.45) is 4.99 Å². The Morgan fingerprint density at radius 2 is 1.90 bits per heavy atom. The fourth-order valence-corrected chi connectivity index (χ4v) is 3.33. The van der Waals surface area contributed by atoms with Crippen molar-refractivity contribution in [1.82, 2.24) is 25.8 Å². The first-order valence-electron chi connectivity index (χ1n) is 10.3. The van der Waals surface area contributed by atoms with Crippen LogP contribution in [-0.2, 0) is 14.3 Å². The number of ether oxygens (including phenoxy) is 1. The van der Waals surface area contributed by atoms with Crippen LogP contribution >= 0.6 is 24.0 Å². The molecule has 0 aromatic carbocycles. The minimum atomic E-state index is -0.0320. The third-order valence-electron chi connectivity index (χ3n) is 5.22. The number of piperidine rings is 1. The summed E-state index contributed by atoms with van der Waals surface area (Å²) in [5.41, 5.74) is 0. The molecule has 0 bridgehead atoms. The average Bonchev–Trinajstić information content (AvgIpc) is 2.71. The van der Waals surface area contributed by atoms with E-state index in [9.17, 15) is 9.59 Å². The van der Waals surface area contributed by atoms with Gasteiger partial charge in [0.15, 0.2) is 5.96 Å². The van der Waals surface area contributed by atoms with Gasteiger partial charge in [-0.05, 0) is 32.1 Å². The zero-order valence-electron chi connectivity index (χ0n) is 17.9. The third-order valence-corrected chi connectivity index (χ3v) is 5.22. The topological polar surface area (TPSA) is 98.3 Å². The number of nitrogens with one attached hydrogen (secondary N) is 3. The maximum absolute atomic E-state index is 11.9. The molecule has 0 saturated carbocycles. The van der Waals surface area contributed by atoms with E-state index in [1.807, 2.05) is 0 Å². The number of rotatable bonds is 7. The SMILES string of the molecule is CNC(=O)CN1CCC(NC(=NCC(=O)N(C)C)NCC2CCCCO2)CC1.I. The molecule has 29 heavy (non-hydrogen) atoms. The van der Waals surface area contributed by atoms with Crippen LogP contribution in [0, 0.1) is 0 Å². The molecule has 2 fully saturated rings. The molecule has 0 aromatic heterocycles. The molecule has 0 spiro atoms. The maximum Gasteiger partial charge on any atom is 0.243 e. The fraction of sp³-hybridized carbons (Fsp3) is 0.842. The van der Waals surface area contributed by atoms with E-state index in [-0.39, 0.29) is 54.5 Å². The summed E-state index contributed by atoms with van der Waals surface area (Å²) in [4.78, 5) is 31.6. The van der Waals surface area contributed by atoms with E-state index in [1.54, 1.807) is 26.0 Å². The third kappa shape index (κ3) is 9.94. The van der Waals surface area contributed by atoms with Gasteiger partial charge in [-0.25, -0.2) is 4.99 Å². The van der Waals surface area contributed by atoms with Gasteiger partial charge < -0.3 is 25.6 Å². The van der Waals surface area contributed by atoms with Crippen LogP contribution in [0.1, 0.15) is 32.1 Å². The molecule has 0 aliphatic carbocycles. The summed E-state index contributed by atoms with van der Waals surface area (Å²) in [6.45, 7) is 3.79. The molecule has 1 atom stereocenters. The number of amides is 2. The van der Waals surface area contributed by atoms with Crippen molar-refractivity contribution >= 4 is 41.8 Å². The lowest BCUT2D eigenvalue weighted by molar-refractivity contribution is -0.127. The van der Waals surface area contributed by atoms with Crippen LogP contribution in [0.4, 0.5) is 0 Å². The molecule has 9 nitrogen and oxygen atoms in total. The first-order valence-corrected chi connectivity index (χ1v) is 10.3. The summed E-state index contributed by atoms with van der Waals surface area (Å²) in [5, 5.41) is 9.48. The predicted molar refractivity (Wildman–Crippen MR) is 125 cm³/mol. The number of guanidine groups is 1. The van der Waals surface area contributed by atoms with Gasteiger partial charge in [-0.15, -0.1) is 24.0 Å². The number of nitrogens with zero attached hydrogens (tertiary/aromatic N) is 3. The van der Waals surface area contributed by atoms with E-state index in [0.717, 1.165) is 45.4 Å². The Bertz CT molecular complexity index is 532. The van der Waals surface area contributed by atoms with Crippen LogP contribution < -0.4 is 16.0 Å². The van der Waals surface area contributed by atoms with Gasteiger partial charge in [0.1, 0.15) is 6.54 Å². The molecular formula is C19H37IN6O3. The minimum Gasteiger partial charge on any atom is -0.376 e. The molecule has 1 unspecified atom stereocenters. The molecule has 2 aliphatic rings. The Morgan fingerprint density at radius 1 is 1.17 bits per heavy atom. The van der Waals surface area contributed by atoms with Crippen LogP contribution in [-0.4, -0.2) is 100 Å². The van der Waals surface area contributed by atoms with Gasteiger partial charge in [0.2, 0.25) is 11.8 Å². The summed E-state index contributed by atoms with van der Waals surface area (Å²) >= 11 is 0. The largest absolute Gasteiger partial charge is 0.376 e. The highest BCUT2D eigenvalue weighted by molar-refractivity contribution is 14.0. The smallest absolute Gasteiger partial charge is 0.243 e. The van der Waals surface area contributed by atoms with Gasteiger partial charge in [-0.1, -0.05) is 0 Å². The Morgan fingerprint density at radius 3 is 2.48 bits per heavy atom. The second-order valence-corrected chi connectivity index (χ2v) is 7.69. The number of carbonyl (C=O) groups excluding carboxylic acids is 2. The van der Waals surface area contributed by atoms with Crippen LogP contribution in [0.25, 0.3) is 0 Å². The summed E-state index contributed by atoms with van der Waals surface area (Å²) in [5.74, 6) is 0.676. The molecule has 168 valence electrons. The molecule has 2 heterocycles. The molecule has 0 radical (unpaired) electrons. The Kier molecular flexibility index (Phi) is 12.5. The van der Waals surface area contributed by atoms with Crippen molar-refractivity contribution in [3.05, 3.63) is 0 Å². The minimum absolute atomic E-state index is 0. The molecule has 10 heteroatoms. The first kappa shape index (κ1) is 25.9. The van der Waals surface area contributed by atoms with Crippen molar-refractivity contribution in [1.29, 1.82) is 0 Å². The number of halogens is 1. The van der Waals surface area contributed by atoms with Crippen LogP contribution in [0.2, 0.25) is 0 Å². The molecular weight excluding hydrogens is 487 g/mol. The lowest BCUT2D eigenvalue weighted by Gasteiger charge is -2.33. The van der Waals surface area contributed by atoms with Crippen molar-refractivity contribution in [3.63, 3.8) is 0 Å². The van der Waals surface area contributed by atoms with E-state index < -0.39 is 0 Å². The van der Waals surface area contributed by atoms with Gasteiger partial charge in [-0.2, -0.15) is 0 Å². The standard InChI is InChI=1S/C19H36N6O3.HI/c1-20-17(26)14-25-9-7-15(8-10-25)23-19(22-13-18(27)24(2)3)21-12-16-6-4-5-11-28-16;/h15-16H,4-14H2,1-3H3,(H,20,26)(H2,21,22,23);1H. The summed E-state index contributed by atoms with van der Waals surface area (Å²) in [6, 6.07) is 0.272. The first-order chi connectivity index (χ1) is 13.5. The van der Waals surface area contributed by atoms with E-state index in [2.05, 4.69) is 25.8 Å². The zero-order chi connectivity index (χ0) is 20.4. The highest BCUT2D eigenvalue weighted by Gasteiger charge is 2.22. The highest BCUT2D eigenvalue weighted by Crippen LogP contribution is 2.12.